The number of halogens is 1. The quantitative estimate of drug-likeness (QED) is 0.212. The van der Waals surface area contributed by atoms with Crippen molar-refractivity contribution < 1.29 is 9.13 Å². The summed E-state index contributed by atoms with van der Waals surface area (Å²) in [4.78, 5) is 9.10. The Morgan fingerprint density at radius 2 is 1.32 bits per heavy atom. The summed E-state index contributed by atoms with van der Waals surface area (Å²) in [6.45, 7) is 4.53. The van der Waals surface area contributed by atoms with Crippen molar-refractivity contribution in [1.82, 2.24) is 9.97 Å². The molecule has 34 heavy (non-hydrogen) atoms. The fraction of sp³-hybridized carbons (Fsp3) is 0.467. The number of hydrogen-bond donors (Lipinski definition) is 0. The monoisotopic (exact) mass is 462 g/mol. The number of hydrogen-bond acceptors (Lipinski definition) is 3. The molecule has 3 aromatic rings. The number of aryl methyl sites for hydroxylation is 1. The van der Waals surface area contributed by atoms with Gasteiger partial charge in [-0.3, -0.25) is 0 Å². The SMILES string of the molecule is CCCCCCCCC(F)COc1ccc(-c2ncc(-c3ccc(CCCC)cc3)cn2)cc1. The van der Waals surface area contributed by atoms with E-state index in [0.717, 1.165) is 36.0 Å². The van der Waals surface area contributed by atoms with Gasteiger partial charge in [-0.05, 0) is 54.7 Å². The standard InChI is InChI=1S/C30H39FN2O/c1-3-5-7-8-9-10-12-28(31)23-34-29-19-17-26(18-20-29)30-32-21-27(22-33-30)25-15-13-24(14-16-25)11-6-4-2/h13-22,28H,3-12,23H2,1-2H3. The summed E-state index contributed by atoms with van der Waals surface area (Å²) in [6, 6.07) is 16.2. The highest BCUT2D eigenvalue weighted by Crippen LogP contribution is 2.23. The van der Waals surface area contributed by atoms with Crippen molar-refractivity contribution in [3.8, 4) is 28.3 Å². The Labute approximate surface area is 204 Å². The summed E-state index contributed by atoms with van der Waals surface area (Å²) in [7, 11) is 0. The first kappa shape index (κ1) is 25.9. The summed E-state index contributed by atoms with van der Waals surface area (Å²) >= 11 is 0. The van der Waals surface area contributed by atoms with E-state index >= 15 is 0 Å². The molecular weight excluding hydrogens is 423 g/mol. The van der Waals surface area contributed by atoms with Crippen LogP contribution >= 0.6 is 0 Å². The highest BCUT2D eigenvalue weighted by atomic mass is 19.1. The van der Waals surface area contributed by atoms with Gasteiger partial charge in [-0.2, -0.15) is 0 Å². The third-order valence-corrected chi connectivity index (χ3v) is 6.17. The van der Waals surface area contributed by atoms with Crippen molar-refractivity contribution in [1.29, 1.82) is 0 Å². The average molecular weight is 463 g/mol. The first-order chi connectivity index (χ1) is 16.7. The van der Waals surface area contributed by atoms with Gasteiger partial charge in [0.15, 0.2) is 5.82 Å². The largest absolute Gasteiger partial charge is 0.491 e. The Kier molecular flexibility index (Phi) is 11.0. The average Bonchev–Trinajstić information content (AvgIpc) is 2.89. The van der Waals surface area contributed by atoms with E-state index in [9.17, 15) is 4.39 Å². The minimum atomic E-state index is -0.914. The van der Waals surface area contributed by atoms with E-state index in [1.807, 2.05) is 36.7 Å². The molecule has 3 nitrogen and oxygen atoms in total. The summed E-state index contributed by atoms with van der Waals surface area (Å²) < 4.78 is 19.8. The number of alkyl halides is 1. The van der Waals surface area contributed by atoms with Crippen molar-refractivity contribution >= 4 is 0 Å². The van der Waals surface area contributed by atoms with Crippen LogP contribution in [-0.4, -0.2) is 22.7 Å². The van der Waals surface area contributed by atoms with Crippen LogP contribution < -0.4 is 4.74 Å². The highest BCUT2D eigenvalue weighted by molar-refractivity contribution is 5.64. The number of nitrogens with zero attached hydrogens (tertiary/aromatic N) is 2. The van der Waals surface area contributed by atoms with E-state index in [1.54, 1.807) is 0 Å². The Morgan fingerprint density at radius 1 is 0.706 bits per heavy atom. The zero-order valence-corrected chi connectivity index (χ0v) is 20.8. The molecule has 1 atom stereocenters. The van der Waals surface area contributed by atoms with Crippen molar-refractivity contribution in [3.05, 3.63) is 66.5 Å². The van der Waals surface area contributed by atoms with Crippen molar-refractivity contribution in [3.63, 3.8) is 0 Å². The number of unbranched alkanes of at least 4 members (excludes halogenated alkanes) is 6. The lowest BCUT2D eigenvalue weighted by Crippen LogP contribution is -2.12. The topological polar surface area (TPSA) is 35.0 Å². The Morgan fingerprint density at radius 3 is 2.00 bits per heavy atom. The predicted molar refractivity (Wildman–Crippen MR) is 140 cm³/mol. The molecule has 1 aromatic heterocycles. The molecule has 0 spiro atoms. The van der Waals surface area contributed by atoms with Gasteiger partial charge in [0.05, 0.1) is 0 Å². The molecule has 4 heteroatoms. The molecule has 0 fully saturated rings. The van der Waals surface area contributed by atoms with Crippen LogP contribution in [0.25, 0.3) is 22.5 Å². The molecule has 182 valence electrons. The van der Waals surface area contributed by atoms with Gasteiger partial charge in [0.25, 0.3) is 0 Å². The molecule has 0 N–H and O–H groups in total. The molecule has 0 aliphatic rings. The zero-order valence-electron chi connectivity index (χ0n) is 20.8. The van der Waals surface area contributed by atoms with Crippen LogP contribution in [0.5, 0.6) is 5.75 Å². The normalized spacial score (nSPS) is 12.0. The van der Waals surface area contributed by atoms with Crippen LogP contribution in [0.1, 0.15) is 77.2 Å². The summed E-state index contributed by atoms with van der Waals surface area (Å²) in [5.41, 5.74) is 4.41. The van der Waals surface area contributed by atoms with E-state index in [0.29, 0.717) is 18.0 Å². The fourth-order valence-corrected chi connectivity index (χ4v) is 3.99. The second-order valence-electron chi connectivity index (χ2n) is 9.08. The number of ether oxygens (including phenoxy) is 1. The van der Waals surface area contributed by atoms with Gasteiger partial charge in [0, 0.05) is 23.5 Å². The molecular formula is C30H39FN2O. The van der Waals surface area contributed by atoms with E-state index in [4.69, 9.17) is 4.74 Å². The zero-order chi connectivity index (χ0) is 24.0. The Balaban J connectivity index is 1.46. The molecule has 0 saturated carbocycles. The van der Waals surface area contributed by atoms with E-state index in [1.165, 1.54) is 44.1 Å². The second kappa shape index (κ2) is 14.5. The van der Waals surface area contributed by atoms with Crippen LogP contribution in [0.3, 0.4) is 0 Å². The predicted octanol–water partition coefficient (Wildman–Crippen LogP) is 8.62. The second-order valence-corrected chi connectivity index (χ2v) is 9.08. The first-order valence-electron chi connectivity index (χ1n) is 13.0. The summed E-state index contributed by atoms with van der Waals surface area (Å²) in [5, 5.41) is 0. The van der Waals surface area contributed by atoms with Gasteiger partial charge in [0.2, 0.25) is 0 Å². The van der Waals surface area contributed by atoms with E-state index in [2.05, 4.69) is 48.1 Å². The molecule has 2 aromatic carbocycles. The van der Waals surface area contributed by atoms with Crippen LogP contribution in [-0.2, 0) is 6.42 Å². The molecule has 0 bridgehead atoms. The lowest BCUT2D eigenvalue weighted by molar-refractivity contribution is 0.184. The van der Waals surface area contributed by atoms with Crippen molar-refractivity contribution in [2.45, 2.75) is 84.2 Å². The molecule has 1 heterocycles. The molecule has 0 saturated heterocycles. The van der Waals surface area contributed by atoms with Gasteiger partial charge in [-0.1, -0.05) is 83.1 Å². The summed E-state index contributed by atoms with van der Waals surface area (Å²) in [6.07, 6.45) is 14.0. The lowest BCUT2D eigenvalue weighted by atomic mass is 10.0. The van der Waals surface area contributed by atoms with Crippen LogP contribution in [0.15, 0.2) is 60.9 Å². The van der Waals surface area contributed by atoms with Gasteiger partial charge < -0.3 is 4.74 Å². The van der Waals surface area contributed by atoms with Gasteiger partial charge in [0.1, 0.15) is 18.5 Å². The molecule has 1 unspecified atom stereocenters. The van der Waals surface area contributed by atoms with Crippen LogP contribution in [0, 0.1) is 0 Å². The van der Waals surface area contributed by atoms with Crippen LogP contribution in [0.4, 0.5) is 4.39 Å². The molecule has 3 rings (SSSR count). The Bertz CT molecular complexity index is 939. The first-order valence-corrected chi connectivity index (χ1v) is 13.0. The van der Waals surface area contributed by atoms with E-state index < -0.39 is 6.17 Å². The lowest BCUT2D eigenvalue weighted by Gasteiger charge is -2.11. The molecule has 0 amide bonds. The highest BCUT2D eigenvalue weighted by Gasteiger charge is 2.09. The maximum absolute atomic E-state index is 14.1. The minimum Gasteiger partial charge on any atom is -0.491 e. The van der Waals surface area contributed by atoms with Crippen LogP contribution in [0.2, 0.25) is 0 Å². The van der Waals surface area contributed by atoms with Gasteiger partial charge in [-0.25, -0.2) is 14.4 Å². The van der Waals surface area contributed by atoms with Crippen molar-refractivity contribution in [2.24, 2.45) is 0 Å². The number of aromatic nitrogens is 2. The van der Waals surface area contributed by atoms with Crippen molar-refractivity contribution in [2.75, 3.05) is 6.61 Å². The maximum Gasteiger partial charge on any atom is 0.159 e. The minimum absolute atomic E-state index is 0.108. The Hall–Kier alpha value is -2.75. The molecule has 0 aliphatic carbocycles. The van der Waals surface area contributed by atoms with Gasteiger partial charge in [-0.15, -0.1) is 0 Å². The summed E-state index contributed by atoms with van der Waals surface area (Å²) in [5.74, 6) is 1.34. The fourth-order valence-electron chi connectivity index (χ4n) is 3.99. The van der Waals surface area contributed by atoms with Gasteiger partial charge >= 0.3 is 0 Å². The third-order valence-electron chi connectivity index (χ3n) is 6.17. The molecule has 0 aliphatic heterocycles. The smallest absolute Gasteiger partial charge is 0.159 e. The molecule has 0 radical (unpaired) electrons. The maximum atomic E-state index is 14.1. The number of benzene rings is 2. The third kappa shape index (κ3) is 8.55. The number of rotatable bonds is 15. The van der Waals surface area contributed by atoms with E-state index in [-0.39, 0.29) is 6.61 Å².